The summed E-state index contributed by atoms with van der Waals surface area (Å²) in [4.78, 5) is 14.1. The molecule has 2 heterocycles. The lowest BCUT2D eigenvalue weighted by Crippen LogP contribution is -2.38. The monoisotopic (exact) mass is 350 g/mol. The minimum Gasteiger partial charge on any atom is -0.497 e. The van der Waals surface area contributed by atoms with Crippen LogP contribution in [-0.2, 0) is 11.2 Å². The van der Waals surface area contributed by atoms with Crippen LogP contribution in [-0.4, -0.2) is 52.7 Å². The lowest BCUT2D eigenvalue weighted by atomic mass is 10.3. The van der Waals surface area contributed by atoms with E-state index in [1.54, 1.807) is 7.11 Å². The summed E-state index contributed by atoms with van der Waals surface area (Å²) < 4.78 is 5.19. The largest absolute Gasteiger partial charge is 0.497 e. The number of benzene rings is 1. The number of hydrogen-bond donors (Lipinski definition) is 1. The Labute approximate surface area is 143 Å². The van der Waals surface area contributed by atoms with E-state index >= 15 is 0 Å². The molecule has 6 nitrogen and oxygen atoms in total. The van der Waals surface area contributed by atoms with Gasteiger partial charge in [0.1, 0.15) is 10.8 Å². The minimum atomic E-state index is 0.134. The van der Waals surface area contributed by atoms with E-state index in [0.717, 1.165) is 41.0 Å². The van der Waals surface area contributed by atoms with E-state index in [0.29, 0.717) is 11.6 Å². The molecule has 23 heavy (non-hydrogen) atoms. The SMILES string of the molecule is COc1cccc(Nc2nnc(CC(=O)N3CCSCC3)s2)c1. The molecule has 1 aromatic carbocycles. The van der Waals surface area contributed by atoms with E-state index in [9.17, 15) is 4.79 Å². The smallest absolute Gasteiger partial charge is 0.229 e. The fraction of sp³-hybridized carbons (Fsp3) is 0.400. The van der Waals surface area contributed by atoms with Crippen molar-refractivity contribution in [2.75, 3.05) is 37.0 Å². The molecule has 0 saturated carbocycles. The second-order valence-corrected chi connectivity index (χ2v) is 7.31. The van der Waals surface area contributed by atoms with Crippen LogP contribution in [0.25, 0.3) is 0 Å². The molecule has 1 aliphatic rings. The molecule has 1 N–H and O–H groups in total. The molecule has 0 unspecified atom stereocenters. The van der Waals surface area contributed by atoms with E-state index in [1.165, 1.54) is 11.3 Å². The highest BCUT2D eigenvalue weighted by molar-refractivity contribution is 7.99. The van der Waals surface area contributed by atoms with E-state index in [1.807, 2.05) is 40.9 Å². The Morgan fingerprint density at radius 1 is 1.35 bits per heavy atom. The first-order valence-corrected chi connectivity index (χ1v) is 9.31. The van der Waals surface area contributed by atoms with Gasteiger partial charge in [-0.2, -0.15) is 11.8 Å². The molecule has 1 fully saturated rings. The summed E-state index contributed by atoms with van der Waals surface area (Å²) in [6.07, 6.45) is 0.322. The Bertz CT molecular complexity index is 671. The second-order valence-electron chi connectivity index (χ2n) is 5.03. The van der Waals surface area contributed by atoms with Gasteiger partial charge in [-0.1, -0.05) is 17.4 Å². The van der Waals surface area contributed by atoms with Gasteiger partial charge in [-0.05, 0) is 12.1 Å². The van der Waals surface area contributed by atoms with Gasteiger partial charge in [-0.25, -0.2) is 0 Å². The van der Waals surface area contributed by atoms with E-state index < -0.39 is 0 Å². The number of nitrogens with one attached hydrogen (secondary N) is 1. The summed E-state index contributed by atoms with van der Waals surface area (Å²) in [5.41, 5.74) is 0.881. The third kappa shape index (κ3) is 4.35. The Balaban J connectivity index is 1.60. The molecule has 1 aromatic heterocycles. The Morgan fingerprint density at radius 3 is 2.96 bits per heavy atom. The van der Waals surface area contributed by atoms with Crippen LogP contribution in [0.2, 0.25) is 0 Å². The van der Waals surface area contributed by atoms with Gasteiger partial charge < -0.3 is 15.0 Å². The molecule has 3 rings (SSSR count). The van der Waals surface area contributed by atoms with Gasteiger partial charge >= 0.3 is 0 Å². The van der Waals surface area contributed by atoms with Crippen molar-refractivity contribution in [3.05, 3.63) is 29.3 Å². The van der Waals surface area contributed by atoms with Crippen molar-refractivity contribution in [3.63, 3.8) is 0 Å². The van der Waals surface area contributed by atoms with Gasteiger partial charge in [0.15, 0.2) is 0 Å². The molecular weight excluding hydrogens is 332 g/mol. The van der Waals surface area contributed by atoms with Gasteiger partial charge in [0.25, 0.3) is 0 Å². The highest BCUT2D eigenvalue weighted by Crippen LogP contribution is 2.24. The standard InChI is InChI=1S/C15H18N4O2S2/c1-21-12-4-2-3-11(9-12)16-15-18-17-13(23-15)10-14(20)19-5-7-22-8-6-19/h2-4,9H,5-8,10H2,1H3,(H,16,18). The van der Waals surface area contributed by atoms with Crippen molar-refractivity contribution in [2.45, 2.75) is 6.42 Å². The molecule has 0 atom stereocenters. The van der Waals surface area contributed by atoms with Crippen LogP contribution >= 0.6 is 23.1 Å². The first kappa shape index (κ1) is 16.1. The molecule has 2 aromatic rings. The summed E-state index contributed by atoms with van der Waals surface area (Å²) >= 11 is 3.30. The van der Waals surface area contributed by atoms with Crippen LogP contribution in [0.15, 0.2) is 24.3 Å². The maximum atomic E-state index is 12.2. The summed E-state index contributed by atoms with van der Waals surface area (Å²) in [7, 11) is 1.63. The van der Waals surface area contributed by atoms with Crippen LogP contribution in [0.4, 0.5) is 10.8 Å². The van der Waals surface area contributed by atoms with Crippen LogP contribution in [0, 0.1) is 0 Å². The molecule has 0 radical (unpaired) electrons. The summed E-state index contributed by atoms with van der Waals surface area (Å²) in [5, 5.41) is 12.8. The van der Waals surface area contributed by atoms with Crippen LogP contribution < -0.4 is 10.1 Å². The van der Waals surface area contributed by atoms with Crippen molar-refractivity contribution in [1.29, 1.82) is 0 Å². The Morgan fingerprint density at radius 2 is 2.17 bits per heavy atom. The minimum absolute atomic E-state index is 0.134. The fourth-order valence-corrected chi connectivity index (χ4v) is 3.91. The number of hydrogen-bond acceptors (Lipinski definition) is 7. The van der Waals surface area contributed by atoms with Gasteiger partial charge in [-0.3, -0.25) is 4.79 Å². The average Bonchev–Trinajstić information content (AvgIpc) is 3.02. The third-order valence-corrected chi connectivity index (χ3v) is 5.24. The number of aromatic nitrogens is 2. The van der Waals surface area contributed by atoms with Gasteiger partial charge in [0.05, 0.1) is 13.5 Å². The highest BCUT2D eigenvalue weighted by Gasteiger charge is 2.18. The molecule has 1 amide bonds. The zero-order chi connectivity index (χ0) is 16.1. The third-order valence-electron chi connectivity index (χ3n) is 3.45. The predicted octanol–water partition coefficient (Wildman–Crippen LogP) is 2.41. The Kier molecular flexibility index (Phi) is 5.35. The quantitative estimate of drug-likeness (QED) is 0.893. The number of methoxy groups -OCH3 is 1. The number of carbonyl (C=O) groups is 1. The number of anilines is 2. The number of amides is 1. The highest BCUT2D eigenvalue weighted by atomic mass is 32.2. The summed E-state index contributed by atoms with van der Waals surface area (Å²) in [6, 6.07) is 7.60. The molecular formula is C15H18N4O2S2. The van der Waals surface area contributed by atoms with Crippen LogP contribution in [0.1, 0.15) is 5.01 Å². The lowest BCUT2D eigenvalue weighted by Gasteiger charge is -2.25. The maximum absolute atomic E-state index is 12.2. The second kappa shape index (κ2) is 7.65. The first-order chi connectivity index (χ1) is 11.2. The normalized spacial score (nSPS) is 14.6. The van der Waals surface area contributed by atoms with Crippen molar-refractivity contribution < 1.29 is 9.53 Å². The zero-order valence-corrected chi connectivity index (χ0v) is 14.5. The number of rotatable bonds is 5. The molecule has 8 heteroatoms. The van der Waals surface area contributed by atoms with E-state index in [2.05, 4.69) is 15.5 Å². The van der Waals surface area contributed by atoms with Gasteiger partial charge in [0, 0.05) is 36.3 Å². The number of nitrogens with zero attached hydrogens (tertiary/aromatic N) is 3. The number of ether oxygens (including phenoxy) is 1. The maximum Gasteiger partial charge on any atom is 0.229 e. The van der Waals surface area contributed by atoms with Crippen molar-refractivity contribution in [3.8, 4) is 5.75 Å². The first-order valence-electron chi connectivity index (χ1n) is 7.33. The lowest BCUT2D eigenvalue weighted by molar-refractivity contribution is -0.130. The zero-order valence-electron chi connectivity index (χ0n) is 12.8. The molecule has 0 spiro atoms. The fourth-order valence-electron chi connectivity index (χ4n) is 2.25. The number of thioether (sulfide) groups is 1. The predicted molar refractivity (Wildman–Crippen MR) is 93.8 cm³/mol. The number of carbonyl (C=O) groups excluding carboxylic acids is 1. The van der Waals surface area contributed by atoms with Crippen molar-refractivity contribution >= 4 is 39.8 Å². The van der Waals surface area contributed by atoms with E-state index in [-0.39, 0.29) is 5.91 Å². The Hall–Kier alpha value is -1.80. The van der Waals surface area contributed by atoms with Crippen LogP contribution in [0.5, 0.6) is 5.75 Å². The average molecular weight is 350 g/mol. The topological polar surface area (TPSA) is 67.3 Å². The van der Waals surface area contributed by atoms with Gasteiger partial charge in [-0.15, -0.1) is 10.2 Å². The van der Waals surface area contributed by atoms with E-state index in [4.69, 9.17) is 4.74 Å². The van der Waals surface area contributed by atoms with Crippen LogP contribution in [0.3, 0.4) is 0 Å². The van der Waals surface area contributed by atoms with Crippen molar-refractivity contribution in [2.24, 2.45) is 0 Å². The molecule has 1 saturated heterocycles. The molecule has 0 aliphatic carbocycles. The molecule has 122 valence electrons. The molecule has 0 bridgehead atoms. The van der Waals surface area contributed by atoms with Crippen molar-refractivity contribution in [1.82, 2.24) is 15.1 Å². The molecule has 1 aliphatic heterocycles. The van der Waals surface area contributed by atoms with Gasteiger partial charge in [0.2, 0.25) is 11.0 Å². The summed E-state index contributed by atoms with van der Waals surface area (Å²) in [5.74, 6) is 2.95. The summed E-state index contributed by atoms with van der Waals surface area (Å²) in [6.45, 7) is 1.66.